The molecular weight excluding hydrogens is 530 g/mol. The van der Waals surface area contributed by atoms with E-state index in [9.17, 15) is 35.3 Å². The van der Waals surface area contributed by atoms with Gasteiger partial charge in [-0.25, -0.2) is 8.99 Å². The van der Waals surface area contributed by atoms with Gasteiger partial charge >= 0.3 is 12.5 Å². The molecule has 0 aliphatic carbocycles. The van der Waals surface area contributed by atoms with E-state index < -0.39 is 56.6 Å². The van der Waals surface area contributed by atoms with Crippen LogP contribution in [-0.2, 0) is 15.9 Å². The summed E-state index contributed by atoms with van der Waals surface area (Å²) in [6, 6.07) is 8.32. The summed E-state index contributed by atoms with van der Waals surface area (Å²) in [6.45, 7) is 2.32. The van der Waals surface area contributed by atoms with Crippen LogP contribution in [0.1, 0.15) is 27.2 Å². The van der Waals surface area contributed by atoms with Crippen LogP contribution in [-0.4, -0.2) is 32.9 Å². The number of alkyl halides is 6. The van der Waals surface area contributed by atoms with Crippen molar-refractivity contribution >= 4 is 21.3 Å². The summed E-state index contributed by atoms with van der Waals surface area (Å²) in [5, 5.41) is 8.88. The standard InChI is InChI=1S/C22H18F6N4O4S/c1-11-9-14(36-22(26,27)28)7-8-16(11)35-20-17(12(2)18(31-32-20)21(23,24)25)19(33)30-13-5-4-6-15(10-13)37(3,29)34/h4-10,29H,1-3H3,(H,30,33)/t37-/m0/s1. The normalized spacial score (nSPS) is 13.5. The molecule has 0 aliphatic rings. The van der Waals surface area contributed by atoms with Crippen molar-refractivity contribution in [3.63, 3.8) is 0 Å². The molecule has 37 heavy (non-hydrogen) atoms. The maximum atomic E-state index is 13.5. The van der Waals surface area contributed by atoms with Crippen molar-refractivity contribution in [3.05, 3.63) is 64.8 Å². The maximum Gasteiger partial charge on any atom is 0.573 e. The van der Waals surface area contributed by atoms with Crippen molar-refractivity contribution in [3.8, 4) is 17.4 Å². The maximum absolute atomic E-state index is 13.5. The van der Waals surface area contributed by atoms with Crippen molar-refractivity contribution in [1.29, 1.82) is 4.78 Å². The number of amides is 1. The van der Waals surface area contributed by atoms with Crippen LogP contribution in [0.2, 0.25) is 0 Å². The summed E-state index contributed by atoms with van der Waals surface area (Å²) in [5.74, 6) is -2.43. The van der Waals surface area contributed by atoms with E-state index >= 15 is 0 Å². The first-order valence-electron chi connectivity index (χ1n) is 10.1. The number of anilines is 1. The number of rotatable bonds is 6. The van der Waals surface area contributed by atoms with Crippen LogP contribution in [0, 0.1) is 18.6 Å². The molecule has 0 fully saturated rings. The number of carbonyl (C=O) groups is 1. The minimum absolute atomic E-state index is 0.0323. The Morgan fingerprint density at radius 1 is 1.03 bits per heavy atom. The van der Waals surface area contributed by atoms with Gasteiger partial charge in [0.05, 0.1) is 9.73 Å². The third-order valence-electron chi connectivity index (χ3n) is 4.81. The lowest BCUT2D eigenvalue weighted by atomic mass is 10.1. The first kappa shape index (κ1) is 27.7. The van der Waals surface area contributed by atoms with Crippen LogP contribution in [0.25, 0.3) is 0 Å². The van der Waals surface area contributed by atoms with E-state index in [0.29, 0.717) is 0 Å². The molecule has 0 bridgehead atoms. The fourth-order valence-electron chi connectivity index (χ4n) is 3.15. The Morgan fingerprint density at radius 2 is 1.70 bits per heavy atom. The Bertz CT molecular complexity index is 1460. The molecule has 1 aromatic heterocycles. The van der Waals surface area contributed by atoms with Gasteiger partial charge in [-0.1, -0.05) is 6.07 Å². The minimum atomic E-state index is -4.96. The molecule has 0 spiro atoms. The average molecular weight is 548 g/mol. The van der Waals surface area contributed by atoms with Crippen LogP contribution in [0.5, 0.6) is 17.4 Å². The van der Waals surface area contributed by atoms with Gasteiger partial charge in [-0.3, -0.25) is 4.79 Å². The lowest BCUT2D eigenvalue weighted by Crippen LogP contribution is -2.21. The van der Waals surface area contributed by atoms with Crippen LogP contribution >= 0.6 is 0 Å². The molecule has 2 N–H and O–H groups in total. The van der Waals surface area contributed by atoms with Gasteiger partial charge in [0.25, 0.3) is 11.8 Å². The Labute approximate surface area is 206 Å². The lowest BCUT2D eigenvalue weighted by Gasteiger charge is -2.17. The largest absolute Gasteiger partial charge is 0.573 e. The van der Waals surface area contributed by atoms with Crippen LogP contribution in [0.4, 0.5) is 32.0 Å². The van der Waals surface area contributed by atoms with Crippen molar-refractivity contribution in [2.24, 2.45) is 0 Å². The SMILES string of the molecule is Cc1cc(OC(F)(F)F)ccc1Oc1nnc(C(F)(F)F)c(C)c1C(=O)Nc1cccc([S@@](C)(=N)=O)c1. The third kappa shape index (κ3) is 6.87. The Hall–Kier alpha value is -3.88. The number of hydrogen-bond acceptors (Lipinski definition) is 7. The number of nitrogens with one attached hydrogen (secondary N) is 2. The van der Waals surface area contributed by atoms with Gasteiger partial charge in [0, 0.05) is 16.8 Å². The highest BCUT2D eigenvalue weighted by Crippen LogP contribution is 2.36. The van der Waals surface area contributed by atoms with Gasteiger partial charge in [0.1, 0.15) is 17.1 Å². The van der Waals surface area contributed by atoms with Crippen LogP contribution < -0.4 is 14.8 Å². The number of hydrogen-bond donors (Lipinski definition) is 2. The van der Waals surface area contributed by atoms with Gasteiger partial charge in [-0.2, -0.15) is 13.2 Å². The smallest absolute Gasteiger partial charge is 0.437 e. The summed E-state index contributed by atoms with van der Waals surface area (Å²) < 4.78 is 107. The predicted molar refractivity (Wildman–Crippen MR) is 119 cm³/mol. The monoisotopic (exact) mass is 548 g/mol. The van der Waals surface area contributed by atoms with Gasteiger partial charge in [0.15, 0.2) is 5.69 Å². The summed E-state index contributed by atoms with van der Waals surface area (Å²) >= 11 is 0. The third-order valence-corrected chi connectivity index (χ3v) is 5.96. The topological polar surface area (TPSA) is 114 Å². The molecule has 1 amide bonds. The zero-order chi connectivity index (χ0) is 27.8. The molecule has 0 unspecified atom stereocenters. The first-order valence-corrected chi connectivity index (χ1v) is 12.1. The van der Waals surface area contributed by atoms with E-state index in [0.717, 1.165) is 31.4 Å². The zero-order valence-corrected chi connectivity index (χ0v) is 20.1. The summed E-state index contributed by atoms with van der Waals surface area (Å²) in [6.07, 6.45) is -8.76. The van der Waals surface area contributed by atoms with Crippen molar-refractivity contribution in [2.75, 3.05) is 11.6 Å². The number of benzene rings is 2. The van der Waals surface area contributed by atoms with Crippen molar-refractivity contribution in [2.45, 2.75) is 31.3 Å². The van der Waals surface area contributed by atoms with Crippen LogP contribution in [0.3, 0.4) is 0 Å². The van der Waals surface area contributed by atoms with Gasteiger partial charge < -0.3 is 14.8 Å². The molecule has 15 heteroatoms. The summed E-state index contributed by atoms with van der Waals surface area (Å²) in [5.41, 5.74) is -2.60. The molecule has 8 nitrogen and oxygen atoms in total. The molecule has 3 aromatic rings. The second kappa shape index (κ2) is 9.88. The molecule has 3 rings (SSSR count). The number of aromatic nitrogens is 2. The van der Waals surface area contributed by atoms with E-state index in [1.165, 1.54) is 31.2 Å². The Balaban J connectivity index is 2.04. The van der Waals surface area contributed by atoms with E-state index in [1.54, 1.807) is 0 Å². The highest BCUT2D eigenvalue weighted by molar-refractivity contribution is 7.91. The number of halogens is 6. The Kier molecular flexibility index (Phi) is 7.40. The molecule has 0 saturated heterocycles. The van der Waals surface area contributed by atoms with E-state index in [2.05, 4.69) is 20.3 Å². The molecule has 0 saturated carbocycles. The minimum Gasteiger partial charge on any atom is -0.437 e. The predicted octanol–water partition coefficient (Wildman–Crippen LogP) is 6.09. The second-order valence-electron chi connectivity index (χ2n) is 7.75. The fraction of sp³-hybridized carbons (Fsp3) is 0.227. The highest BCUT2D eigenvalue weighted by atomic mass is 32.2. The molecule has 2 aromatic carbocycles. The number of aryl methyl sites for hydroxylation is 1. The second-order valence-corrected chi connectivity index (χ2v) is 9.91. The summed E-state index contributed by atoms with van der Waals surface area (Å²) in [4.78, 5) is 13.2. The van der Waals surface area contributed by atoms with E-state index in [-0.39, 0.29) is 21.9 Å². The average Bonchev–Trinajstić information content (AvgIpc) is 2.73. The Morgan fingerprint density at radius 3 is 2.27 bits per heavy atom. The van der Waals surface area contributed by atoms with Crippen molar-refractivity contribution < 1.29 is 44.8 Å². The molecule has 1 atom stereocenters. The molecule has 0 radical (unpaired) electrons. The zero-order valence-electron chi connectivity index (χ0n) is 19.2. The number of carbonyl (C=O) groups excluding carboxylic acids is 1. The summed E-state index contributed by atoms with van der Waals surface area (Å²) in [7, 11) is -3.16. The quantitative estimate of drug-likeness (QED) is 0.361. The van der Waals surface area contributed by atoms with Gasteiger partial charge in [-0.15, -0.1) is 23.4 Å². The van der Waals surface area contributed by atoms with E-state index in [4.69, 9.17) is 9.52 Å². The first-order chi connectivity index (χ1) is 17.0. The molecule has 198 valence electrons. The van der Waals surface area contributed by atoms with E-state index in [1.807, 2.05) is 0 Å². The highest BCUT2D eigenvalue weighted by Gasteiger charge is 2.38. The fourth-order valence-corrected chi connectivity index (χ4v) is 3.84. The lowest BCUT2D eigenvalue weighted by molar-refractivity contribution is -0.274. The molecular formula is C22H18F6N4O4S. The number of nitrogens with zero attached hydrogens (tertiary/aromatic N) is 2. The van der Waals surface area contributed by atoms with Gasteiger partial charge in [0.2, 0.25) is 0 Å². The molecule has 1 heterocycles. The van der Waals surface area contributed by atoms with Crippen LogP contribution in [0.15, 0.2) is 47.4 Å². The molecule has 0 aliphatic heterocycles. The van der Waals surface area contributed by atoms with Crippen molar-refractivity contribution in [1.82, 2.24) is 10.2 Å². The number of ether oxygens (including phenoxy) is 2. The van der Waals surface area contributed by atoms with Gasteiger partial charge in [-0.05, 0) is 61.4 Å².